The number of ether oxygens (including phenoxy) is 1. The van der Waals surface area contributed by atoms with E-state index in [2.05, 4.69) is 34.9 Å². The molecule has 0 aliphatic carbocycles. The molecule has 0 aromatic heterocycles. The number of urea groups is 1. The number of rotatable bonds is 1. The van der Waals surface area contributed by atoms with Crippen molar-refractivity contribution < 1.29 is 19.1 Å². The van der Waals surface area contributed by atoms with Crippen LogP contribution in [0.5, 0.6) is 11.5 Å². The van der Waals surface area contributed by atoms with Gasteiger partial charge in [0, 0.05) is 16.7 Å². The van der Waals surface area contributed by atoms with Crippen molar-refractivity contribution in [2.75, 3.05) is 0 Å². The number of benzene rings is 5. The minimum absolute atomic E-state index is 0.131. The Labute approximate surface area is 222 Å². The molecule has 2 aliphatic heterocycles. The van der Waals surface area contributed by atoms with Gasteiger partial charge in [0.05, 0.1) is 0 Å². The zero-order chi connectivity index (χ0) is 26.5. The predicted molar refractivity (Wildman–Crippen MR) is 150 cm³/mol. The first kappa shape index (κ1) is 22.7. The van der Waals surface area contributed by atoms with Crippen LogP contribution in [0.15, 0.2) is 109 Å². The van der Waals surface area contributed by atoms with Crippen molar-refractivity contribution in [2.24, 2.45) is 0 Å². The van der Waals surface area contributed by atoms with Crippen LogP contribution in [0, 0.1) is 0 Å². The Kier molecular flexibility index (Phi) is 5.13. The number of nitrogens with one attached hydrogen (secondary N) is 2. The molecule has 39 heavy (non-hydrogen) atoms. The smallest absolute Gasteiger partial charge is 0.328 e. The third kappa shape index (κ3) is 3.61. The summed E-state index contributed by atoms with van der Waals surface area (Å²) in [5.74, 6) is 0.139. The second kappa shape index (κ2) is 8.82. The fourth-order valence-electron chi connectivity index (χ4n) is 5.46. The summed E-state index contributed by atoms with van der Waals surface area (Å²) in [6, 6.07) is 31.5. The number of barbiturate groups is 1. The SMILES string of the molecule is O=C1NC(=O)C(=CC=c2c3ccccc3c(=C3c4ccccc4Oc4ccccc43)c3ccccc23)C(=O)N1. The molecule has 1 saturated heterocycles. The van der Waals surface area contributed by atoms with Gasteiger partial charge >= 0.3 is 6.03 Å². The van der Waals surface area contributed by atoms with Crippen molar-refractivity contribution in [3.05, 3.63) is 130 Å². The molecule has 2 heterocycles. The quantitative estimate of drug-likeness (QED) is 0.196. The van der Waals surface area contributed by atoms with E-state index < -0.39 is 17.8 Å². The van der Waals surface area contributed by atoms with Gasteiger partial charge in [-0.3, -0.25) is 20.2 Å². The molecule has 2 N–H and O–H groups in total. The number of amides is 4. The number of allylic oxidation sites excluding steroid dienone is 1. The molecule has 0 bridgehead atoms. The van der Waals surface area contributed by atoms with Crippen LogP contribution in [0.4, 0.5) is 4.79 Å². The number of carbonyl (C=O) groups is 3. The molecule has 1 fully saturated rings. The number of carbonyl (C=O) groups excluding carboxylic acids is 3. The minimum atomic E-state index is -0.823. The zero-order valence-corrected chi connectivity index (χ0v) is 20.5. The second-order valence-electron chi connectivity index (χ2n) is 9.33. The molecule has 6 heteroatoms. The van der Waals surface area contributed by atoms with E-state index in [9.17, 15) is 14.4 Å². The van der Waals surface area contributed by atoms with Gasteiger partial charge in [0.25, 0.3) is 11.8 Å². The normalized spacial score (nSPS) is 14.3. The summed E-state index contributed by atoms with van der Waals surface area (Å²) in [5.41, 5.74) is 2.96. The number of para-hydroxylation sites is 2. The van der Waals surface area contributed by atoms with E-state index in [-0.39, 0.29) is 5.57 Å². The number of hydrogen-bond acceptors (Lipinski definition) is 4. The van der Waals surface area contributed by atoms with E-state index in [1.54, 1.807) is 6.08 Å². The lowest BCUT2D eigenvalue weighted by atomic mass is 9.87. The summed E-state index contributed by atoms with van der Waals surface area (Å²) < 4.78 is 6.28. The van der Waals surface area contributed by atoms with Crippen LogP contribution in [-0.2, 0) is 9.59 Å². The first-order valence-electron chi connectivity index (χ1n) is 12.5. The summed E-state index contributed by atoms with van der Waals surface area (Å²) in [6.45, 7) is 0. The Hall–Kier alpha value is -5.49. The molecule has 0 radical (unpaired) electrons. The van der Waals surface area contributed by atoms with Crippen molar-refractivity contribution in [3.8, 4) is 11.5 Å². The molecule has 186 valence electrons. The molecular formula is C33H20N2O4. The molecule has 0 atom stereocenters. The van der Waals surface area contributed by atoms with Gasteiger partial charge in [-0.15, -0.1) is 0 Å². The first-order chi connectivity index (χ1) is 19.1. The van der Waals surface area contributed by atoms with Crippen molar-refractivity contribution in [3.63, 3.8) is 0 Å². The zero-order valence-electron chi connectivity index (χ0n) is 20.5. The van der Waals surface area contributed by atoms with Gasteiger partial charge in [0.1, 0.15) is 17.1 Å². The van der Waals surface area contributed by atoms with Gasteiger partial charge in [0.15, 0.2) is 0 Å². The van der Waals surface area contributed by atoms with E-state index in [4.69, 9.17) is 4.74 Å². The first-order valence-corrected chi connectivity index (χ1v) is 12.5. The van der Waals surface area contributed by atoms with E-state index in [1.165, 1.54) is 6.08 Å². The number of imide groups is 2. The Morgan fingerprint density at radius 2 is 1.00 bits per heavy atom. The maximum Gasteiger partial charge on any atom is 0.328 e. The van der Waals surface area contributed by atoms with Crippen LogP contribution in [0.2, 0.25) is 0 Å². The Balaban J connectivity index is 1.66. The van der Waals surface area contributed by atoms with Crippen LogP contribution < -0.4 is 25.8 Å². The summed E-state index contributed by atoms with van der Waals surface area (Å²) in [7, 11) is 0. The highest BCUT2D eigenvalue weighted by atomic mass is 16.5. The highest BCUT2D eigenvalue weighted by Crippen LogP contribution is 2.42. The lowest BCUT2D eigenvalue weighted by Gasteiger charge is -2.24. The van der Waals surface area contributed by atoms with Gasteiger partial charge in [-0.05, 0) is 50.2 Å². The van der Waals surface area contributed by atoms with Gasteiger partial charge in [-0.1, -0.05) is 91.0 Å². The monoisotopic (exact) mass is 508 g/mol. The third-order valence-electron chi connectivity index (χ3n) is 7.12. The van der Waals surface area contributed by atoms with E-state index >= 15 is 0 Å². The van der Waals surface area contributed by atoms with E-state index in [1.807, 2.05) is 72.8 Å². The topological polar surface area (TPSA) is 84.5 Å². The van der Waals surface area contributed by atoms with Crippen molar-refractivity contribution in [1.29, 1.82) is 0 Å². The number of fused-ring (bicyclic) bond motifs is 4. The Morgan fingerprint density at radius 3 is 1.54 bits per heavy atom. The van der Waals surface area contributed by atoms with E-state index in [0.29, 0.717) is 0 Å². The molecule has 7 rings (SSSR count). The van der Waals surface area contributed by atoms with Crippen LogP contribution >= 0.6 is 0 Å². The molecule has 0 spiro atoms. The largest absolute Gasteiger partial charge is 0.456 e. The fraction of sp³-hybridized carbons (Fsp3) is 0. The minimum Gasteiger partial charge on any atom is -0.456 e. The van der Waals surface area contributed by atoms with Crippen LogP contribution in [0.25, 0.3) is 33.2 Å². The van der Waals surface area contributed by atoms with Crippen LogP contribution in [0.1, 0.15) is 11.1 Å². The highest BCUT2D eigenvalue weighted by molar-refractivity contribution is 6.29. The van der Waals surface area contributed by atoms with Crippen molar-refractivity contribution >= 4 is 51.0 Å². The molecule has 6 nitrogen and oxygen atoms in total. The Morgan fingerprint density at radius 1 is 0.538 bits per heavy atom. The fourth-order valence-corrected chi connectivity index (χ4v) is 5.46. The van der Waals surface area contributed by atoms with Gasteiger partial charge in [0.2, 0.25) is 0 Å². The molecule has 0 saturated carbocycles. The molecule has 0 unspecified atom stereocenters. The van der Waals surface area contributed by atoms with Crippen molar-refractivity contribution in [1.82, 2.24) is 10.6 Å². The lowest BCUT2D eigenvalue weighted by molar-refractivity contribution is -0.124. The molecular weight excluding hydrogens is 488 g/mol. The summed E-state index contributed by atoms with van der Waals surface area (Å²) in [5, 5.41) is 10.2. The average molecular weight is 509 g/mol. The molecule has 5 aromatic carbocycles. The Bertz CT molecular complexity index is 1920. The second-order valence-corrected chi connectivity index (χ2v) is 9.33. The third-order valence-corrected chi connectivity index (χ3v) is 7.12. The average Bonchev–Trinajstić information content (AvgIpc) is 2.95. The van der Waals surface area contributed by atoms with Crippen LogP contribution in [-0.4, -0.2) is 17.8 Å². The lowest BCUT2D eigenvalue weighted by Crippen LogP contribution is -2.51. The van der Waals surface area contributed by atoms with Crippen molar-refractivity contribution in [2.45, 2.75) is 0 Å². The maximum absolute atomic E-state index is 12.4. The van der Waals surface area contributed by atoms with Gasteiger partial charge < -0.3 is 4.74 Å². The summed E-state index contributed by atoms with van der Waals surface area (Å²) in [4.78, 5) is 36.2. The van der Waals surface area contributed by atoms with Crippen LogP contribution in [0.3, 0.4) is 0 Å². The summed E-state index contributed by atoms with van der Waals surface area (Å²) in [6.07, 6.45) is 3.24. The molecule has 2 aliphatic rings. The van der Waals surface area contributed by atoms with Gasteiger partial charge in [-0.25, -0.2) is 4.79 Å². The van der Waals surface area contributed by atoms with Gasteiger partial charge in [-0.2, -0.15) is 0 Å². The van der Waals surface area contributed by atoms with E-state index in [0.717, 1.165) is 60.2 Å². The number of hydrogen-bond donors (Lipinski definition) is 2. The standard InChI is InChI=1S/C33H20N2O4/c36-31-26(32(37)35-33(38)34-31)18-17-21-19-9-1-3-11-22(19)29(23-12-4-2-10-20(21)23)30-24-13-5-7-15-27(24)39-28-16-8-6-14-25(28)30/h1-18H,(H2,34,35,36,37,38). The maximum atomic E-state index is 12.4. The molecule has 4 amide bonds. The predicted octanol–water partition coefficient (Wildman–Crippen LogP) is 4.42. The highest BCUT2D eigenvalue weighted by Gasteiger charge is 2.27. The summed E-state index contributed by atoms with van der Waals surface area (Å²) >= 11 is 0. The molecule has 5 aromatic rings.